The molecule has 23 heavy (non-hydrogen) atoms. The Morgan fingerprint density at radius 1 is 1.17 bits per heavy atom. The lowest BCUT2D eigenvalue weighted by atomic mass is 10.1. The molecule has 0 saturated heterocycles. The second-order valence-corrected chi connectivity index (χ2v) is 5.94. The molecule has 2 aromatic heterocycles. The van der Waals surface area contributed by atoms with E-state index in [0.717, 1.165) is 53.1 Å². The van der Waals surface area contributed by atoms with Gasteiger partial charge >= 0.3 is 0 Å². The van der Waals surface area contributed by atoms with E-state index < -0.39 is 0 Å². The number of likely N-dealkylation sites (N-methyl/N-ethyl adjacent to an activating group) is 1. The number of nitrogens with one attached hydrogen (secondary N) is 1. The minimum Gasteiger partial charge on any atom is -0.460 e. The second kappa shape index (κ2) is 6.84. The molecule has 1 aromatic carbocycles. The lowest BCUT2D eigenvalue weighted by molar-refractivity contribution is 0.425. The summed E-state index contributed by atoms with van der Waals surface area (Å²) < 4.78 is 5.78. The highest BCUT2D eigenvalue weighted by Crippen LogP contribution is 2.31. The number of fused-ring (bicyclic) bond motifs is 1. The Kier molecular flexibility index (Phi) is 4.63. The summed E-state index contributed by atoms with van der Waals surface area (Å²) in [7, 11) is 4.14. The lowest BCUT2D eigenvalue weighted by Gasteiger charge is -2.12. The number of rotatable bonds is 6. The number of furan rings is 1. The number of benzene rings is 1. The Balaban J connectivity index is 2.04. The summed E-state index contributed by atoms with van der Waals surface area (Å²) in [6.45, 7) is 3.95. The van der Waals surface area contributed by atoms with E-state index in [0.29, 0.717) is 0 Å². The van der Waals surface area contributed by atoms with Crippen molar-refractivity contribution in [1.29, 1.82) is 0 Å². The molecular weight excluding hydrogens is 286 g/mol. The molecule has 120 valence electrons. The molecule has 0 aliphatic carbocycles. The molecule has 0 saturated carbocycles. The predicted octanol–water partition coefficient (Wildman–Crippen LogP) is 4.03. The maximum Gasteiger partial charge on any atom is 0.175 e. The van der Waals surface area contributed by atoms with Gasteiger partial charge < -0.3 is 14.6 Å². The van der Waals surface area contributed by atoms with Crippen LogP contribution in [0.1, 0.15) is 12.5 Å². The summed E-state index contributed by atoms with van der Waals surface area (Å²) in [5.74, 6) is 0. The smallest absolute Gasteiger partial charge is 0.175 e. The predicted molar refractivity (Wildman–Crippen MR) is 95.9 cm³/mol. The first-order valence-electron chi connectivity index (χ1n) is 8.04. The second-order valence-electron chi connectivity index (χ2n) is 5.94. The van der Waals surface area contributed by atoms with Crippen molar-refractivity contribution in [3.8, 4) is 11.3 Å². The fraction of sp³-hybridized carbons (Fsp3) is 0.316. The zero-order valence-corrected chi connectivity index (χ0v) is 14.0. The van der Waals surface area contributed by atoms with Crippen LogP contribution in [0.5, 0.6) is 0 Å². The van der Waals surface area contributed by atoms with Crippen LogP contribution in [0.4, 0.5) is 5.69 Å². The molecular formula is C19H23N3O. The Morgan fingerprint density at radius 2 is 1.96 bits per heavy atom. The molecule has 0 spiro atoms. The van der Waals surface area contributed by atoms with Crippen molar-refractivity contribution in [3.63, 3.8) is 0 Å². The first-order valence-corrected chi connectivity index (χ1v) is 8.04. The van der Waals surface area contributed by atoms with E-state index in [4.69, 9.17) is 9.40 Å². The molecule has 0 bridgehead atoms. The van der Waals surface area contributed by atoms with Crippen LogP contribution in [0, 0.1) is 0 Å². The fourth-order valence-electron chi connectivity index (χ4n) is 2.61. The van der Waals surface area contributed by atoms with Gasteiger partial charge in [-0.2, -0.15) is 0 Å². The largest absolute Gasteiger partial charge is 0.460 e. The molecule has 0 amide bonds. The topological polar surface area (TPSA) is 41.3 Å². The quantitative estimate of drug-likeness (QED) is 0.746. The summed E-state index contributed by atoms with van der Waals surface area (Å²) in [6.07, 6.45) is 2.74. The van der Waals surface area contributed by atoms with E-state index >= 15 is 0 Å². The van der Waals surface area contributed by atoms with Gasteiger partial charge in [0.2, 0.25) is 0 Å². The Morgan fingerprint density at radius 3 is 2.65 bits per heavy atom. The third kappa shape index (κ3) is 3.37. The van der Waals surface area contributed by atoms with Gasteiger partial charge in [0.25, 0.3) is 0 Å². The van der Waals surface area contributed by atoms with Crippen molar-refractivity contribution in [2.45, 2.75) is 13.3 Å². The molecule has 3 rings (SSSR count). The van der Waals surface area contributed by atoms with E-state index in [1.54, 1.807) is 0 Å². The molecule has 0 unspecified atom stereocenters. The highest BCUT2D eigenvalue weighted by atomic mass is 16.3. The maximum atomic E-state index is 5.78. The number of pyridine rings is 1. The van der Waals surface area contributed by atoms with Gasteiger partial charge in [0.15, 0.2) is 5.58 Å². The third-order valence-electron chi connectivity index (χ3n) is 3.92. The summed E-state index contributed by atoms with van der Waals surface area (Å²) in [5.41, 5.74) is 6.06. The van der Waals surface area contributed by atoms with Crippen molar-refractivity contribution in [3.05, 3.63) is 48.2 Å². The van der Waals surface area contributed by atoms with Crippen LogP contribution in [0.25, 0.3) is 22.4 Å². The van der Waals surface area contributed by atoms with E-state index in [2.05, 4.69) is 49.4 Å². The highest BCUT2D eigenvalue weighted by molar-refractivity contribution is 5.91. The van der Waals surface area contributed by atoms with Crippen LogP contribution in [0.3, 0.4) is 0 Å². The molecule has 0 aliphatic heterocycles. The van der Waals surface area contributed by atoms with Gasteiger partial charge in [-0.1, -0.05) is 37.3 Å². The third-order valence-corrected chi connectivity index (χ3v) is 3.92. The number of hydrogen-bond donors (Lipinski definition) is 1. The van der Waals surface area contributed by atoms with E-state index in [1.165, 1.54) is 0 Å². The number of aromatic nitrogens is 1. The van der Waals surface area contributed by atoms with Crippen molar-refractivity contribution in [2.75, 3.05) is 32.5 Å². The summed E-state index contributed by atoms with van der Waals surface area (Å²) >= 11 is 0. The lowest BCUT2D eigenvalue weighted by Crippen LogP contribution is -2.20. The monoisotopic (exact) mass is 309 g/mol. The van der Waals surface area contributed by atoms with Gasteiger partial charge in [-0.15, -0.1) is 0 Å². The summed E-state index contributed by atoms with van der Waals surface area (Å²) in [5, 5.41) is 3.49. The van der Waals surface area contributed by atoms with Gasteiger partial charge in [0.1, 0.15) is 5.52 Å². The maximum absolute atomic E-state index is 5.78. The summed E-state index contributed by atoms with van der Waals surface area (Å²) in [4.78, 5) is 6.99. The Labute approximate surface area is 137 Å². The highest BCUT2D eigenvalue weighted by Gasteiger charge is 2.13. The van der Waals surface area contributed by atoms with Crippen LogP contribution < -0.4 is 5.32 Å². The fourth-order valence-corrected chi connectivity index (χ4v) is 2.61. The standard InChI is InChI=1S/C19H23N3O/c1-4-14-13-23-19-17(20-10-11-22(2)3)12-16(21-18(14)19)15-8-6-5-7-9-15/h5-9,12-13H,4,10-11H2,1-3H3,(H,20,21). The summed E-state index contributed by atoms with van der Waals surface area (Å²) in [6, 6.07) is 12.4. The van der Waals surface area contributed by atoms with E-state index in [9.17, 15) is 0 Å². The number of hydrogen-bond acceptors (Lipinski definition) is 4. The molecule has 0 atom stereocenters. The van der Waals surface area contributed by atoms with Crippen LogP contribution in [-0.2, 0) is 6.42 Å². The first-order chi connectivity index (χ1) is 11.2. The van der Waals surface area contributed by atoms with Gasteiger partial charge in [0.05, 0.1) is 17.6 Å². The van der Waals surface area contributed by atoms with Crippen molar-refractivity contribution < 1.29 is 4.42 Å². The molecule has 2 heterocycles. The number of anilines is 1. The van der Waals surface area contributed by atoms with Crippen LogP contribution in [0.2, 0.25) is 0 Å². The average molecular weight is 309 g/mol. The normalized spacial score (nSPS) is 11.3. The first kappa shape index (κ1) is 15.6. The molecule has 0 aliphatic rings. The van der Waals surface area contributed by atoms with E-state index in [-0.39, 0.29) is 0 Å². The number of aryl methyl sites for hydroxylation is 1. The SMILES string of the molecule is CCc1coc2c(NCCN(C)C)cc(-c3ccccc3)nc12. The average Bonchev–Trinajstić information content (AvgIpc) is 2.98. The molecule has 0 radical (unpaired) electrons. The zero-order chi connectivity index (χ0) is 16.2. The molecule has 0 fully saturated rings. The van der Waals surface area contributed by atoms with Crippen molar-refractivity contribution >= 4 is 16.8 Å². The van der Waals surface area contributed by atoms with Gasteiger partial charge in [0, 0.05) is 24.2 Å². The van der Waals surface area contributed by atoms with Crippen LogP contribution in [0.15, 0.2) is 47.1 Å². The molecule has 4 nitrogen and oxygen atoms in total. The van der Waals surface area contributed by atoms with E-state index in [1.807, 2.05) is 24.5 Å². The molecule has 3 aromatic rings. The van der Waals surface area contributed by atoms with Gasteiger partial charge in [-0.25, -0.2) is 4.98 Å². The van der Waals surface area contributed by atoms with Crippen molar-refractivity contribution in [1.82, 2.24) is 9.88 Å². The molecule has 4 heteroatoms. The Bertz CT molecular complexity index is 778. The zero-order valence-electron chi connectivity index (χ0n) is 14.0. The number of nitrogens with zero attached hydrogens (tertiary/aromatic N) is 2. The minimum absolute atomic E-state index is 0.847. The molecule has 1 N–H and O–H groups in total. The van der Waals surface area contributed by atoms with Gasteiger partial charge in [-0.05, 0) is 26.6 Å². The van der Waals surface area contributed by atoms with Crippen molar-refractivity contribution in [2.24, 2.45) is 0 Å². The van der Waals surface area contributed by atoms with Crippen LogP contribution in [-0.4, -0.2) is 37.1 Å². The minimum atomic E-state index is 0.847. The van der Waals surface area contributed by atoms with Crippen LogP contribution >= 0.6 is 0 Å². The Hall–Kier alpha value is -2.33. The van der Waals surface area contributed by atoms with Gasteiger partial charge in [-0.3, -0.25) is 0 Å².